The zero-order valence-corrected chi connectivity index (χ0v) is 84.8. The Morgan fingerprint density at radius 1 is 0.398 bits per heavy atom. The van der Waals surface area contributed by atoms with E-state index >= 15 is 9.59 Å². The van der Waals surface area contributed by atoms with Gasteiger partial charge in [0.15, 0.2) is 66.7 Å². The van der Waals surface area contributed by atoms with Gasteiger partial charge in [-0.05, 0) is 130 Å². The van der Waals surface area contributed by atoms with Gasteiger partial charge < -0.3 is 106 Å². The maximum absolute atomic E-state index is 15.3. The molecule has 18 atom stereocenters. The summed E-state index contributed by atoms with van der Waals surface area (Å²) in [6, 6.07) is 40.4. The lowest BCUT2D eigenvalue weighted by molar-refractivity contribution is -0.300. The average molecular weight is 1870 g/mol. The zero-order chi connectivity index (χ0) is 94.2. The van der Waals surface area contributed by atoms with Crippen LogP contribution in [0.4, 0.5) is 24.0 Å². The number of hydrogen-bond donors (Lipinski definition) is 6. The SMILES string of the molecule is CC(C)(C)[Si](C)(C)OC[C@H]1[C@H](O[C@@H]2[C@@H](O)[C@H](NC(=O)OCc3ccccc3)C[C@H](NC(=O)OCc3ccccc3)[C@H]2O[C@H]2O[C@H](CN=[N+]=[N-])C[C@H](O[Si](C)(C)C(C)(C)C)[C@H]2NC(=O)OCc2ccccc2)O[C@@H](O[Si](C)(C)C(C)(C)C)[C@H]1O[C@H]1O[C@@H](CNC(=O)OCc2ccccc2)[C@@H](O[Si](C)(C)C(C)(C)C)[C@H](O[Si](C)(C)C(C)(C)C)[C@H]1NC(=O)OCc1ccccc1. The van der Waals surface area contributed by atoms with Gasteiger partial charge >= 0.3 is 30.5 Å². The van der Waals surface area contributed by atoms with Crippen molar-refractivity contribution in [2.75, 3.05) is 19.7 Å². The van der Waals surface area contributed by atoms with Crippen molar-refractivity contribution in [2.24, 2.45) is 11.0 Å². The Morgan fingerprint density at radius 3 is 1.18 bits per heavy atom. The monoisotopic (exact) mass is 1860 g/mol. The van der Waals surface area contributed by atoms with E-state index in [2.05, 4.69) is 206 Å². The first kappa shape index (κ1) is 104. The van der Waals surface area contributed by atoms with Crippen LogP contribution in [0.25, 0.3) is 10.4 Å². The summed E-state index contributed by atoms with van der Waals surface area (Å²) >= 11 is 0. The molecular weight excluding hydrogens is 1720 g/mol. The minimum absolute atomic E-state index is 0.0487. The molecule has 5 aromatic carbocycles. The largest absolute Gasteiger partial charge is 0.445 e. The molecule has 1 saturated carbocycles. The van der Waals surface area contributed by atoms with E-state index in [1.165, 1.54) is 0 Å². The highest BCUT2D eigenvalue weighted by Gasteiger charge is 2.62. The fraction of sp³-hybridized carbons (Fsp3) is 0.624. The fourth-order valence-electron chi connectivity index (χ4n) is 13.9. The average Bonchev–Trinajstić information content (AvgIpc) is 1.75. The third-order valence-electron chi connectivity index (χ3n) is 26.7. The molecule has 30 nitrogen and oxygen atoms in total. The van der Waals surface area contributed by atoms with Crippen LogP contribution in [-0.2, 0) is 107 Å². The maximum atomic E-state index is 15.3. The molecule has 5 amide bonds. The number of benzene rings is 5. The standard InChI is InChI=1S/C93H144N8O22Si5/c1-89(2,3)124(16,17)113-60-67-75(116-82-73(100-88(107)112-59-65-49-39-30-40-50-65)78(122-127(22,23)92(10,11)12)77(121-126(20,21)91(7,8)9)71(115-82)54-95-84(103)108-55-61-41-31-26-32-42-61)83(123-128(24,25)93(13,14)15)119-80(67)118-79-74(102)68(97-85(104)109-56-62-43-33-27-34-44-62)52-69(98-86(105)110-57-63-45-35-28-36-46-63)76(79)117-81-72(99-87(106)111-58-64-47-37-29-38-48-64)70(51-66(114-81)53-96-101-94)120-125(18,19)90(4,5)6/h26-50,66-83,102H,51-60H2,1-25H3,(H,95,103)(H,97,104)(H,98,105)(H,99,106)(H,100,107)/t66-,67+,68+,69-,70-,71-,72+,73+,74-,75-,76+,77+,78+,79+,80+,81+,82+,83-/m0/s1. The van der Waals surface area contributed by atoms with E-state index in [4.69, 9.17) is 74.2 Å². The Kier molecular flexibility index (Phi) is 36.0. The summed E-state index contributed by atoms with van der Waals surface area (Å²) in [5, 5.41) is 30.9. The fourth-order valence-corrected chi connectivity index (χ4v) is 20.0. The van der Waals surface area contributed by atoms with E-state index in [1.54, 1.807) is 24.3 Å². The Hall–Kier alpha value is -7.64. The van der Waals surface area contributed by atoms with Crippen LogP contribution in [0.5, 0.6) is 0 Å². The van der Waals surface area contributed by atoms with E-state index in [0.717, 1.165) is 5.56 Å². The third kappa shape index (κ3) is 28.9. The van der Waals surface area contributed by atoms with Gasteiger partial charge in [0.05, 0.1) is 42.9 Å². The number of azide groups is 1. The minimum atomic E-state index is -3.15. The molecule has 6 N–H and O–H groups in total. The van der Waals surface area contributed by atoms with E-state index in [9.17, 15) is 25.0 Å². The molecule has 708 valence electrons. The van der Waals surface area contributed by atoms with Crippen molar-refractivity contribution >= 4 is 72.1 Å². The molecule has 5 aromatic rings. The topological polar surface area (TPSA) is 362 Å². The van der Waals surface area contributed by atoms with Gasteiger partial charge in [-0.1, -0.05) is 261 Å². The highest BCUT2D eigenvalue weighted by molar-refractivity contribution is 6.76. The summed E-state index contributed by atoms with van der Waals surface area (Å²) in [5.74, 6) is -1.17. The predicted molar refractivity (Wildman–Crippen MR) is 500 cm³/mol. The van der Waals surface area contributed by atoms with Gasteiger partial charge in [0.2, 0.25) is 0 Å². The number of aliphatic hydroxyl groups excluding tert-OH is 1. The molecule has 3 saturated heterocycles. The molecule has 35 heteroatoms. The van der Waals surface area contributed by atoms with Crippen LogP contribution in [-0.4, -0.2) is 201 Å². The number of hydrogen-bond acceptors (Lipinski definition) is 23. The number of ether oxygens (including phenoxy) is 11. The minimum Gasteiger partial charge on any atom is -0.445 e. The second kappa shape index (κ2) is 44.3. The number of amides is 5. The van der Waals surface area contributed by atoms with Crippen molar-refractivity contribution in [1.82, 2.24) is 26.6 Å². The Balaban J connectivity index is 1.27. The van der Waals surface area contributed by atoms with E-state index < -0.39 is 207 Å². The molecular formula is C93H144N8O22Si5. The number of nitrogens with one attached hydrogen (secondary N) is 5. The molecule has 0 spiro atoms. The molecule has 0 unspecified atom stereocenters. The van der Waals surface area contributed by atoms with Gasteiger partial charge in [-0.25, -0.2) is 24.0 Å². The highest BCUT2D eigenvalue weighted by atomic mass is 28.4. The number of rotatable bonds is 35. The van der Waals surface area contributed by atoms with Gasteiger partial charge in [-0.15, -0.1) is 0 Å². The van der Waals surface area contributed by atoms with Crippen LogP contribution >= 0.6 is 0 Å². The summed E-state index contributed by atoms with van der Waals surface area (Å²) in [7, 11) is -15.0. The van der Waals surface area contributed by atoms with Crippen LogP contribution in [0.15, 0.2) is 157 Å². The summed E-state index contributed by atoms with van der Waals surface area (Å²) in [4.78, 5) is 77.3. The van der Waals surface area contributed by atoms with Crippen molar-refractivity contribution in [3.05, 3.63) is 190 Å². The van der Waals surface area contributed by atoms with Gasteiger partial charge in [0, 0.05) is 24.5 Å². The lowest BCUT2D eigenvalue weighted by atomic mass is 9.83. The van der Waals surface area contributed by atoms with Crippen molar-refractivity contribution in [3.63, 3.8) is 0 Å². The molecule has 128 heavy (non-hydrogen) atoms. The number of carbonyl (C=O) groups excluding carboxylic acids is 5. The molecule has 4 fully saturated rings. The summed E-state index contributed by atoms with van der Waals surface area (Å²) in [6.07, 6.45) is -22.9. The quantitative estimate of drug-likeness (QED) is 0.00721. The first-order valence-corrected chi connectivity index (χ1v) is 59.1. The molecule has 3 heterocycles. The summed E-state index contributed by atoms with van der Waals surface area (Å²) in [5.41, 5.74) is 13.5. The summed E-state index contributed by atoms with van der Waals surface area (Å²) < 4.78 is 113. The third-order valence-corrected chi connectivity index (χ3v) is 49.1. The van der Waals surface area contributed by atoms with E-state index in [0.29, 0.717) is 22.3 Å². The van der Waals surface area contributed by atoms with Crippen molar-refractivity contribution in [3.8, 4) is 0 Å². The lowest BCUT2D eigenvalue weighted by Crippen LogP contribution is -2.71. The molecule has 9 rings (SSSR count). The zero-order valence-electron chi connectivity index (χ0n) is 79.8. The normalized spacial score (nSPS) is 25.8. The Labute approximate surface area is 762 Å². The van der Waals surface area contributed by atoms with Gasteiger partial charge in [-0.2, -0.15) is 0 Å². The number of nitrogens with zero attached hydrogens (tertiary/aromatic N) is 3. The van der Waals surface area contributed by atoms with Gasteiger partial charge in [0.25, 0.3) is 0 Å². The Morgan fingerprint density at radius 2 is 0.758 bits per heavy atom. The number of alkyl carbamates (subject to hydrolysis) is 5. The molecule has 4 aliphatic rings. The molecule has 0 radical (unpaired) electrons. The molecule has 0 aromatic heterocycles. The molecule has 1 aliphatic carbocycles. The van der Waals surface area contributed by atoms with Crippen LogP contribution in [0.2, 0.25) is 90.7 Å². The second-order valence-electron chi connectivity index (χ2n) is 41.5. The number of aliphatic hydroxyl groups is 1. The van der Waals surface area contributed by atoms with Crippen LogP contribution in [0.3, 0.4) is 0 Å². The van der Waals surface area contributed by atoms with Crippen LogP contribution in [0.1, 0.15) is 145 Å². The van der Waals surface area contributed by atoms with Gasteiger partial charge in [-0.3, -0.25) is 0 Å². The lowest BCUT2D eigenvalue weighted by Gasteiger charge is -2.53. The molecule has 0 bridgehead atoms. The smallest absolute Gasteiger partial charge is 0.407 e. The van der Waals surface area contributed by atoms with Crippen LogP contribution < -0.4 is 26.6 Å². The van der Waals surface area contributed by atoms with Crippen molar-refractivity contribution in [2.45, 2.75) is 345 Å². The summed E-state index contributed by atoms with van der Waals surface area (Å²) in [6.45, 7) is 50.9. The van der Waals surface area contributed by atoms with Crippen LogP contribution in [0, 0.1) is 5.92 Å². The highest BCUT2D eigenvalue weighted by Crippen LogP contribution is 2.49. The van der Waals surface area contributed by atoms with Crippen molar-refractivity contribution in [1.29, 1.82) is 0 Å². The number of carbonyl (C=O) groups is 5. The second-order valence-corrected chi connectivity index (χ2v) is 65.3. The van der Waals surface area contributed by atoms with E-state index in [1.807, 2.05) is 127 Å². The maximum Gasteiger partial charge on any atom is 0.407 e. The first-order chi connectivity index (χ1) is 59.8. The first-order valence-electron chi connectivity index (χ1n) is 44.6. The van der Waals surface area contributed by atoms with Gasteiger partial charge in [0.1, 0.15) is 81.7 Å². The molecule has 3 aliphatic heterocycles. The predicted octanol–water partition coefficient (Wildman–Crippen LogP) is 18.7. The van der Waals surface area contributed by atoms with Crippen molar-refractivity contribution < 1.29 is 103 Å². The Bertz CT molecular complexity index is 4400. The van der Waals surface area contributed by atoms with E-state index in [-0.39, 0.29) is 65.6 Å².